The topological polar surface area (TPSA) is 66.6 Å². The summed E-state index contributed by atoms with van der Waals surface area (Å²) in [6.07, 6.45) is -4.69. The molecule has 0 saturated heterocycles. The van der Waals surface area contributed by atoms with Crippen molar-refractivity contribution in [1.82, 2.24) is 10.1 Å². The van der Waals surface area contributed by atoms with Crippen LogP contribution in [0.15, 0.2) is 28.8 Å². The largest absolute Gasteiger partial charge is 0.508 e. The molecule has 0 aliphatic heterocycles. The van der Waals surface area contributed by atoms with Gasteiger partial charge in [-0.15, -0.1) is 0 Å². The molecule has 0 aliphatic carbocycles. The molecule has 0 spiro atoms. The quantitative estimate of drug-likeness (QED) is 0.946. The number of carbonyl (C=O) groups excluding carboxylic acids is 1. The maximum absolute atomic E-state index is 13.0. The number of aromatic nitrogens is 1. The molecule has 1 heterocycles. The lowest BCUT2D eigenvalue weighted by Crippen LogP contribution is -2.28. The number of aromatic hydroxyl groups is 1. The van der Waals surface area contributed by atoms with Gasteiger partial charge < -0.3 is 14.5 Å². The van der Waals surface area contributed by atoms with Crippen molar-refractivity contribution in [2.24, 2.45) is 0 Å². The van der Waals surface area contributed by atoms with Crippen molar-refractivity contribution in [3.8, 4) is 5.75 Å². The number of alkyl halides is 3. The molecular weight excluding hydrogens is 301 g/mol. The third-order valence-electron chi connectivity index (χ3n) is 2.96. The number of halogens is 3. The molecule has 5 nitrogen and oxygen atoms in total. The Labute approximate surface area is 123 Å². The minimum absolute atomic E-state index is 0.0108. The molecule has 0 aliphatic rings. The van der Waals surface area contributed by atoms with Crippen molar-refractivity contribution < 1.29 is 27.6 Å². The Morgan fingerprint density at radius 2 is 2.05 bits per heavy atom. The highest BCUT2D eigenvalue weighted by Crippen LogP contribution is 2.34. The fourth-order valence-electron chi connectivity index (χ4n) is 1.97. The summed E-state index contributed by atoms with van der Waals surface area (Å²) < 4.78 is 43.7. The SMILES string of the molecule is Cc1cc(CN(C)C(=O)c2cc(O)ccc2C(F)(F)F)no1. The van der Waals surface area contributed by atoms with Crippen molar-refractivity contribution >= 4 is 5.91 Å². The van der Waals surface area contributed by atoms with E-state index in [-0.39, 0.29) is 6.54 Å². The van der Waals surface area contributed by atoms with Gasteiger partial charge in [0.25, 0.3) is 5.91 Å². The van der Waals surface area contributed by atoms with Crippen LogP contribution >= 0.6 is 0 Å². The molecule has 8 heteroatoms. The van der Waals surface area contributed by atoms with E-state index in [1.807, 2.05) is 0 Å². The van der Waals surface area contributed by atoms with Gasteiger partial charge in [0.2, 0.25) is 0 Å². The van der Waals surface area contributed by atoms with Gasteiger partial charge in [0.05, 0.1) is 17.7 Å². The minimum Gasteiger partial charge on any atom is -0.508 e. The Balaban J connectivity index is 2.30. The number of nitrogens with zero attached hydrogens (tertiary/aromatic N) is 2. The zero-order chi connectivity index (χ0) is 16.5. The van der Waals surface area contributed by atoms with Gasteiger partial charge in [-0.05, 0) is 25.1 Å². The van der Waals surface area contributed by atoms with Gasteiger partial charge in [-0.2, -0.15) is 13.2 Å². The predicted octanol–water partition coefficient (Wildman–Crippen LogP) is 2.98. The molecule has 1 N–H and O–H groups in total. The molecule has 2 aromatic rings. The van der Waals surface area contributed by atoms with E-state index >= 15 is 0 Å². The summed E-state index contributed by atoms with van der Waals surface area (Å²) >= 11 is 0. The Morgan fingerprint density at radius 3 is 2.59 bits per heavy atom. The maximum atomic E-state index is 13.0. The maximum Gasteiger partial charge on any atom is 0.417 e. The van der Waals surface area contributed by atoms with Crippen molar-refractivity contribution in [2.45, 2.75) is 19.6 Å². The molecule has 0 unspecified atom stereocenters. The molecule has 0 saturated carbocycles. The molecule has 2 rings (SSSR count). The summed E-state index contributed by atoms with van der Waals surface area (Å²) in [6, 6.07) is 3.95. The average Bonchev–Trinajstić information content (AvgIpc) is 2.81. The van der Waals surface area contributed by atoms with Gasteiger partial charge in [-0.25, -0.2) is 0 Å². The zero-order valence-electron chi connectivity index (χ0n) is 11.8. The van der Waals surface area contributed by atoms with Crippen LogP contribution in [0.4, 0.5) is 13.2 Å². The Kier molecular flexibility index (Phi) is 4.11. The number of benzene rings is 1. The number of aryl methyl sites for hydroxylation is 1. The molecule has 118 valence electrons. The summed E-state index contributed by atoms with van der Waals surface area (Å²) in [7, 11) is 1.34. The summed E-state index contributed by atoms with van der Waals surface area (Å²) in [4.78, 5) is 13.3. The molecule has 0 radical (unpaired) electrons. The van der Waals surface area contributed by atoms with E-state index in [4.69, 9.17) is 4.52 Å². The second-order valence-electron chi connectivity index (χ2n) is 4.82. The molecule has 1 aromatic carbocycles. The molecule has 1 amide bonds. The molecule has 0 atom stereocenters. The summed E-state index contributed by atoms with van der Waals surface area (Å²) in [5.74, 6) is -0.755. The van der Waals surface area contributed by atoms with E-state index in [2.05, 4.69) is 5.16 Å². The van der Waals surface area contributed by atoms with Crippen molar-refractivity contribution in [3.63, 3.8) is 0 Å². The average molecular weight is 314 g/mol. The highest BCUT2D eigenvalue weighted by molar-refractivity contribution is 5.96. The van der Waals surface area contributed by atoms with Crippen LogP contribution in [0, 0.1) is 6.92 Å². The number of phenols is 1. The number of hydrogen-bond acceptors (Lipinski definition) is 4. The fraction of sp³-hybridized carbons (Fsp3) is 0.286. The monoisotopic (exact) mass is 314 g/mol. The van der Waals surface area contributed by atoms with E-state index in [9.17, 15) is 23.1 Å². The van der Waals surface area contributed by atoms with Crippen molar-refractivity contribution in [3.05, 3.63) is 46.8 Å². The van der Waals surface area contributed by atoms with Gasteiger partial charge in [0.1, 0.15) is 17.2 Å². The fourth-order valence-corrected chi connectivity index (χ4v) is 1.97. The second kappa shape index (κ2) is 5.70. The number of rotatable bonds is 3. The lowest BCUT2D eigenvalue weighted by Gasteiger charge is -2.19. The molecule has 0 fully saturated rings. The van der Waals surface area contributed by atoms with Crippen LogP contribution in [-0.4, -0.2) is 28.1 Å². The zero-order valence-corrected chi connectivity index (χ0v) is 11.8. The first-order chi connectivity index (χ1) is 10.2. The first-order valence-electron chi connectivity index (χ1n) is 6.26. The first-order valence-corrected chi connectivity index (χ1v) is 6.26. The van der Waals surface area contributed by atoms with Gasteiger partial charge in [0, 0.05) is 13.1 Å². The smallest absolute Gasteiger partial charge is 0.417 e. The minimum atomic E-state index is -4.69. The standard InChI is InChI=1S/C14H13F3N2O3/c1-8-5-9(18-22-8)7-19(2)13(21)11-6-10(20)3-4-12(11)14(15,16)17/h3-6,20H,7H2,1-2H3. The third kappa shape index (κ3) is 3.38. The number of carbonyl (C=O) groups is 1. The van der Waals surface area contributed by atoms with Crippen LogP contribution in [0.5, 0.6) is 5.75 Å². The van der Waals surface area contributed by atoms with Crippen LogP contribution in [0.3, 0.4) is 0 Å². The highest BCUT2D eigenvalue weighted by atomic mass is 19.4. The Morgan fingerprint density at radius 1 is 1.36 bits per heavy atom. The van der Waals surface area contributed by atoms with Crippen LogP contribution in [0.25, 0.3) is 0 Å². The normalized spacial score (nSPS) is 11.5. The summed E-state index contributed by atoms with van der Waals surface area (Å²) in [5.41, 5.74) is -1.30. The molecule has 0 bridgehead atoms. The van der Waals surface area contributed by atoms with Gasteiger partial charge in [-0.3, -0.25) is 4.79 Å². The van der Waals surface area contributed by atoms with Crippen LogP contribution < -0.4 is 0 Å². The van der Waals surface area contributed by atoms with Crippen LogP contribution in [0.2, 0.25) is 0 Å². The van der Waals surface area contributed by atoms with Gasteiger partial charge >= 0.3 is 6.18 Å². The number of hydrogen-bond donors (Lipinski definition) is 1. The van der Waals surface area contributed by atoms with Crippen LogP contribution in [0.1, 0.15) is 27.4 Å². The van der Waals surface area contributed by atoms with Crippen molar-refractivity contribution in [1.29, 1.82) is 0 Å². The van der Waals surface area contributed by atoms with Gasteiger partial charge in [0.15, 0.2) is 0 Å². The van der Waals surface area contributed by atoms with E-state index in [1.54, 1.807) is 13.0 Å². The van der Waals surface area contributed by atoms with Gasteiger partial charge in [-0.1, -0.05) is 5.16 Å². The third-order valence-corrected chi connectivity index (χ3v) is 2.96. The van der Waals surface area contributed by atoms with Crippen LogP contribution in [-0.2, 0) is 12.7 Å². The lowest BCUT2D eigenvalue weighted by molar-refractivity contribution is -0.138. The first kappa shape index (κ1) is 15.9. The molecule has 22 heavy (non-hydrogen) atoms. The highest BCUT2D eigenvalue weighted by Gasteiger charge is 2.36. The summed E-state index contributed by atoms with van der Waals surface area (Å²) in [5, 5.41) is 13.0. The Bertz CT molecular complexity index is 695. The Hall–Kier alpha value is -2.51. The number of phenolic OH excluding ortho intramolecular Hbond substituents is 1. The number of amides is 1. The van der Waals surface area contributed by atoms with Crippen molar-refractivity contribution in [2.75, 3.05) is 7.05 Å². The van der Waals surface area contributed by atoms with E-state index in [1.165, 1.54) is 7.05 Å². The summed E-state index contributed by atoms with van der Waals surface area (Å²) in [6.45, 7) is 1.65. The predicted molar refractivity (Wildman–Crippen MR) is 70.1 cm³/mol. The molecule has 1 aromatic heterocycles. The lowest BCUT2D eigenvalue weighted by atomic mass is 10.1. The second-order valence-corrected chi connectivity index (χ2v) is 4.82. The van der Waals surface area contributed by atoms with E-state index in [0.29, 0.717) is 17.5 Å². The van der Waals surface area contributed by atoms with E-state index < -0.39 is 29.0 Å². The van der Waals surface area contributed by atoms with E-state index in [0.717, 1.165) is 17.0 Å². The molecular formula is C14H13F3N2O3.